The van der Waals surface area contributed by atoms with Crippen LogP contribution in [0.4, 0.5) is 10.1 Å². The van der Waals surface area contributed by atoms with Gasteiger partial charge in [0.15, 0.2) is 0 Å². The van der Waals surface area contributed by atoms with Crippen molar-refractivity contribution < 1.29 is 23.8 Å². The third-order valence-electron chi connectivity index (χ3n) is 5.50. The van der Waals surface area contributed by atoms with E-state index in [1.807, 2.05) is 13.0 Å². The molecule has 4 rings (SSSR count). The van der Waals surface area contributed by atoms with Gasteiger partial charge in [-0.2, -0.15) is 5.26 Å². The van der Waals surface area contributed by atoms with Crippen molar-refractivity contribution in [3.05, 3.63) is 101 Å². The lowest BCUT2D eigenvalue weighted by Crippen LogP contribution is -2.29. The smallest absolute Gasteiger partial charge is 0.300 e. The number of halogens is 1. The zero-order valence-electron chi connectivity index (χ0n) is 18.4. The van der Waals surface area contributed by atoms with Crippen molar-refractivity contribution in [1.29, 1.82) is 5.26 Å². The zero-order valence-corrected chi connectivity index (χ0v) is 18.4. The predicted octanol–water partition coefficient (Wildman–Crippen LogP) is 5.11. The second-order valence-electron chi connectivity index (χ2n) is 7.73. The molecule has 0 radical (unpaired) electrons. The average molecular weight is 456 g/mol. The minimum absolute atomic E-state index is 0.0611. The molecule has 0 aromatic heterocycles. The Kier molecular flexibility index (Phi) is 6.42. The molecule has 1 amide bonds. The van der Waals surface area contributed by atoms with Crippen molar-refractivity contribution >= 4 is 23.1 Å². The lowest BCUT2D eigenvalue weighted by Gasteiger charge is -2.25. The number of hydrogen-bond donors (Lipinski definition) is 1. The summed E-state index contributed by atoms with van der Waals surface area (Å²) in [5.41, 5.74) is 0.769. The number of ketones is 1. The molecule has 1 aliphatic rings. The summed E-state index contributed by atoms with van der Waals surface area (Å²) in [5, 5.41) is 20.3. The summed E-state index contributed by atoms with van der Waals surface area (Å²) in [7, 11) is 0. The Hall–Kier alpha value is -4.44. The summed E-state index contributed by atoms with van der Waals surface area (Å²) in [5.74, 6) is -2.40. The molecule has 1 fully saturated rings. The maximum Gasteiger partial charge on any atom is 0.300 e. The normalized spacial score (nSPS) is 17.0. The number of amides is 1. The molecule has 1 unspecified atom stereocenters. The van der Waals surface area contributed by atoms with Gasteiger partial charge in [-0.25, -0.2) is 4.39 Å². The van der Waals surface area contributed by atoms with Crippen LogP contribution in [-0.2, 0) is 9.59 Å². The van der Waals surface area contributed by atoms with Crippen LogP contribution in [0.1, 0.15) is 36.1 Å². The Labute approximate surface area is 196 Å². The number of ether oxygens (including phenoxy) is 1. The SMILES string of the molecule is CCCOc1cccc(/C(O)=C2/C(=O)C(=O)N(c3ccc(C#N)cc3)C2c2ccccc2F)c1. The molecule has 1 aliphatic heterocycles. The number of nitriles is 1. The fraction of sp³-hybridized carbons (Fsp3) is 0.148. The van der Waals surface area contributed by atoms with E-state index in [9.17, 15) is 19.1 Å². The van der Waals surface area contributed by atoms with Crippen LogP contribution in [0, 0.1) is 17.1 Å². The fourth-order valence-corrected chi connectivity index (χ4v) is 3.90. The summed E-state index contributed by atoms with van der Waals surface area (Å²) >= 11 is 0. The standard InChI is InChI=1S/C27H21FN2O4/c1-2-14-34-20-7-5-6-18(15-20)25(31)23-24(21-8-3-4-9-22(21)28)30(27(33)26(23)32)19-12-10-17(16-29)11-13-19/h3-13,15,24,31H,2,14H2,1H3/b25-23-. The zero-order chi connectivity index (χ0) is 24.2. The third kappa shape index (κ3) is 4.14. The van der Waals surface area contributed by atoms with Gasteiger partial charge in [0.1, 0.15) is 17.3 Å². The van der Waals surface area contributed by atoms with Gasteiger partial charge in [0, 0.05) is 16.8 Å². The first-order chi connectivity index (χ1) is 16.5. The molecule has 1 N–H and O–H groups in total. The van der Waals surface area contributed by atoms with Crippen LogP contribution < -0.4 is 9.64 Å². The quantitative estimate of drug-likeness (QED) is 0.316. The van der Waals surface area contributed by atoms with E-state index < -0.39 is 29.3 Å². The van der Waals surface area contributed by atoms with E-state index in [1.165, 1.54) is 42.5 Å². The molecule has 1 heterocycles. The Balaban J connectivity index is 1.90. The van der Waals surface area contributed by atoms with Crippen molar-refractivity contribution in [3.8, 4) is 11.8 Å². The van der Waals surface area contributed by atoms with E-state index in [-0.39, 0.29) is 16.7 Å². The molecule has 3 aromatic rings. The third-order valence-corrected chi connectivity index (χ3v) is 5.50. The molecule has 0 spiro atoms. The Bertz CT molecular complexity index is 1320. The highest BCUT2D eigenvalue weighted by Crippen LogP contribution is 2.43. The second-order valence-corrected chi connectivity index (χ2v) is 7.73. The van der Waals surface area contributed by atoms with Gasteiger partial charge in [-0.3, -0.25) is 14.5 Å². The van der Waals surface area contributed by atoms with Crippen LogP contribution in [-0.4, -0.2) is 23.4 Å². The molecule has 0 bridgehead atoms. The Morgan fingerprint density at radius 3 is 2.50 bits per heavy atom. The number of benzene rings is 3. The van der Waals surface area contributed by atoms with Gasteiger partial charge in [0.2, 0.25) is 0 Å². The summed E-state index contributed by atoms with van der Waals surface area (Å²) in [6.45, 7) is 2.44. The van der Waals surface area contributed by atoms with Gasteiger partial charge in [0.05, 0.1) is 29.9 Å². The van der Waals surface area contributed by atoms with Crippen LogP contribution in [0.2, 0.25) is 0 Å². The number of carbonyl (C=O) groups is 2. The van der Waals surface area contributed by atoms with E-state index in [0.717, 1.165) is 11.3 Å². The number of nitrogens with zero attached hydrogens (tertiary/aromatic N) is 2. The number of hydrogen-bond acceptors (Lipinski definition) is 5. The maximum atomic E-state index is 14.9. The predicted molar refractivity (Wildman–Crippen MR) is 125 cm³/mol. The summed E-state index contributed by atoms with van der Waals surface area (Å²) < 4.78 is 20.5. The van der Waals surface area contributed by atoms with E-state index in [4.69, 9.17) is 10.00 Å². The van der Waals surface area contributed by atoms with Crippen LogP contribution in [0.5, 0.6) is 5.75 Å². The molecule has 6 nitrogen and oxygen atoms in total. The van der Waals surface area contributed by atoms with Gasteiger partial charge >= 0.3 is 0 Å². The maximum absolute atomic E-state index is 14.9. The highest BCUT2D eigenvalue weighted by molar-refractivity contribution is 6.51. The van der Waals surface area contributed by atoms with E-state index in [2.05, 4.69) is 0 Å². The van der Waals surface area contributed by atoms with E-state index in [0.29, 0.717) is 23.6 Å². The van der Waals surface area contributed by atoms with Crippen LogP contribution in [0.3, 0.4) is 0 Å². The first-order valence-corrected chi connectivity index (χ1v) is 10.7. The monoisotopic (exact) mass is 456 g/mol. The summed E-state index contributed by atoms with van der Waals surface area (Å²) in [4.78, 5) is 27.4. The lowest BCUT2D eigenvalue weighted by molar-refractivity contribution is -0.132. The van der Waals surface area contributed by atoms with Crippen LogP contribution in [0.25, 0.3) is 5.76 Å². The Morgan fingerprint density at radius 1 is 1.09 bits per heavy atom. The highest BCUT2D eigenvalue weighted by Gasteiger charge is 2.47. The minimum Gasteiger partial charge on any atom is -0.507 e. The van der Waals surface area contributed by atoms with Crippen LogP contribution >= 0.6 is 0 Å². The number of aliphatic hydroxyl groups is 1. The first-order valence-electron chi connectivity index (χ1n) is 10.7. The molecule has 0 saturated carbocycles. The largest absolute Gasteiger partial charge is 0.507 e. The summed E-state index contributed by atoms with van der Waals surface area (Å²) in [6.07, 6.45) is 0.791. The molecule has 1 saturated heterocycles. The van der Waals surface area contributed by atoms with Gasteiger partial charge in [0.25, 0.3) is 11.7 Å². The molecule has 3 aromatic carbocycles. The van der Waals surface area contributed by atoms with Crippen molar-refractivity contribution in [1.82, 2.24) is 0 Å². The second kappa shape index (κ2) is 9.59. The number of Topliss-reactive ketones (excluding diaryl/α,β-unsaturated/α-hetero) is 1. The van der Waals surface area contributed by atoms with E-state index >= 15 is 0 Å². The fourth-order valence-electron chi connectivity index (χ4n) is 3.90. The number of anilines is 1. The topological polar surface area (TPSA) is 90.6 Å². The molecule has 7 heteroatoms. The molecule has 1 atom stereocenters. The molecule has 34 heavy (non-hydrogen) atoms. The van der Waals surface area contributed by atoms with Crippen molar-refractivity contribution in [3.63, 3.8) is 0 Å². The first kappa shape index (κ1) is 22.7. The molecular weight excluding hydrogens is 435 g/mol. The van der Waals surface area contributed by atoms with E-state index in [1.54, 1.807) is 30.3 Å². The Morgan fingerprint density at radius 2 is 1.82 bits per heavy atom. The number of carbonyl (C=O) groups excluding carboxylic acids is 2. The summed E-state index contributed by atoms with van der Waals surface area (Å²) in [6, 6.07) is 19.1. The molecular formula is C27H21FN2O4. The minimum atomic E-state index is -1.20. The number of aliphatic hydroxyl groups excluding tert-OH is 1. The highest BCUT2D eigenvalue weighted by atomic mass is 19.1. The average Bonchev–Trinajstić information content (AvgIpc) is 3.13. The van der Waals surface area contributed by atoms with Crippen LogP contribution in [0.15, 0.2) is 78.4 Å². The lowest BCUT2D eigenvalue weighted by atomic mass is 9.94. The van der Waals surface area contributed by atoms with Gasteiger partial charge in [-0.15, -0.1) is 0 Å². The van der Waals surface area contributed by atoms with Gasteiger partial charge in [-0.05, 0) is 48.9 Å². The van der Waals surface area contributed by atoms with Gasteiger partial charge < -0.3 is 9.84 Å². The van der Waals surface area contributed by atoms with Gasteiger partial charge in [-0.1, -0.05) is 37.3 Å². The molecule has 170 valence electrons. The van der Waals surface area contributed by atoms with Crippen molar-refractivity contribution in [2.75, 3.05) is 11.5 Å². The van der Waals surface area contributed by atoms with Crippen molar-refractivity contribution in [2.24, 2.45) is 0 Å². The number of rotatable bonds is 6. The molecule has 0 aliphatic carbocycles. The van der Waals surface area contributed by atoms with Crippen molar-refractivity contribution in [2.45, 2.75) is 19.4 Å².